The Kier molecular flexibility index (Phi) is 5.02. The van der Waals surface area contributed by atoms with E-state index in [9.17, 15) is 4.79 Å². The number of amides is 1. The number of para-hydroxylation sites is 1. The standard InChI is InChI=1S/C16H16ClNO2/c1-20-13-9-6-12(7-10-13)8-11-16(19)18-15-5-3-2-4-14(15)17/h2-7,9-10H,8,11H2,1H3,(H,18,19). The number of hydrogen-bond acceptors (Lipinski definition) is 2. The Bertz CT molecular complexity index is 581. The highest BCUT2D eigenvalue weighted by molar-refractivity contribution is 6.33. The molecular weight excluding hydrogens is 274 g/mol. The molecule has 0 atom stereocenters. The van der Waals surface area contributed by atoms with Crippen LogP contribution in [0.2, 0.25) is 5.02 Å². The zero-order chi connectivity index (χ0) is 14.4. The van der Waals surface area contributed by atoms with Gasteiger partial charge in [0.05, 0.1) is 17.8 Å². The highest BCUT2D eigenvalue weighted by Gasteiger charge is 2.05. The lowest BCUT2D eigenvalue weighted by Gasteiger charge is -2.07. The van der Waals surface area contributed by atoms with Gasteiger partial charge in [-0.2, -0.15) is 0 Å². The predicted octanol–water partition coefficient (Wildman–Crippen LogP) is 3.92. The third kappa shape index (κ3) is 4.00. The van der Waals surface area contributed by atoms with Gasteiger partial charge in [-0.1, -0.05) is 35.9 Å². The lowest BCUT2D eigenvalue weighted by molar-refractivity contribution is -0.116. The van der Waals surface area contributed by atoms with Gasteiger partial charge in [0, 0.05) is 6.42 Å². The van der Waals surface area contributed by atoms with Crippen LogP contribution in [0.15, 0.2) is 48.5 Å². The molecule has 4 heteroatoms. The highest BCUT2D eigenvalue weighted by Crippen LogP contribution is 2.20. The number of carbonyl (C=O) groups excluding carboxylic acids is 1. The van der Waals surface area contributed by atoms with Crippen molar-refractivity contribution in [1.82, 2.24) is 0 Å². The molecule has 0 radical (unpaired) electrons. The fourth-order valence-electron chi connectivity index (χ4n) is 1.83. The second kappa shape index (κ2) is 6.96. The molecule has 0 aliphatic carbocycles. The number of hydrogen-bond donors (Lipinski definition) is 1. The molecule has 0 bridgehead atoms. The van der Waals surface area contributed by atoms with Gasteiger partial charge in [0.25, 0.3) is 0 Å². The van der Waals surface area contributed by atoms with E-state index in [4.69, 9.17) is 16.3 Å². The molecule has 3 nitrogen and oxygen atoms in total. The zero-order valence-corrected chi connectivity index (χ0v) is 12.0. The first kappa shape index (κ1) is 14.4. The summed E-state index contributed by atoms with van der Waals surface area (Å²) in [6, 6.07) is 14.9. The number of nitrogens with one attached hydrogen (secondary N) is 1. The van der Waals surface area contributed by atoms with Crippen molar-refractivity contribution in [1.29, 1.82) is 0 Å². The Hall–Kier alpha value is -2.00. The van der Waals surface area contributed by atoms with Gasteiger partial charge in [0.1, 0.15) is 5.75 Å². The Morgan fingerprint density at radius 3 is 2.50 bits per heavy atom. The SMILES string of the molecule is COc1ccc(CCC(=O)Nc2ccccc2Cl)cc1. The summed E-state index contributed by atoms with van der Waals surface area (Å²) >= 11 is 5.99. The van der Waals surface area contributed by atoms with Crippen LogP contribution in [-0.2, 0) is 11.2 Å². The van der Waals surface area contributed by atoms with Crippen molar-refractivity contribution in [2.75, 3.05) is 12.4 Å². The van der Waals surface area contributed by atoms with Crippen LogP contribution in [0.25, 0.3) is 0 Å². The fraction of sp³-hybridized carbons (Fsp3) is 0.188. The monoisotopic (exact) mass is 289 g/mol. The minimum absolute atomic E-state index is 0.0473. The Morgan fingerprint density at radius 1 is 1.15 bits per heavy atom. The number of halogens is 1. The summed E-state index contributed by atoms with van der Waals surface area (Å²) in [6.45, 7) is 0. The van der Waals surface area contributed by atoms with E-state index in [0.717, 1.165) is 11.3 Å². The maximum Gasteiger partial charge on any atom is 0.224 e. The smallest absolute Gasteiger partial charge is 0.224 e. The number of aryl methyl sites for hydroxylation is 1. The minimum Gasteiger partial charge on any atom is -0.497 e. The number of rotatable bonds is 5. The first-order valence-corrected chi connectivity index (χ1v) is 6.74. The van der Waals surface area contributed by atoms with E-state index in [1.807, 2.05) is 36.4 Å². The summed E-state index contributed by atoms with van der Waals surface area (Å²) < 4.78 is 5.09. The summed E-state index contributed by atoms with van der Waals surface area (Å²) in [4.78, 5) is 11.9. The third-order valence-electron chi connectivity index (χ3n) is 2.95. The molecule has 1 amide bonds. The molecule has 1 N–H and O–H groups in total. The Labute approximate surface area is 123 Å². The number of benzene rings is 2. The minimum atomic E-state index is -0.0473. The van der Waals surface area contributed by atoms with Crippen LogP contribution in [0.3, 0.4) is 0 Å². The van der Waals surface area contributed by atoms with Crippen molar-refractivity contribution in [3.63, 3.8) is 0 Å². The van der Waals surface area contributed by atoms with E-state index in [-0.39, 0.29) is 5.91 Å². The van der Waals surface area contributed by atoms with Crippen LogP contribution < -0.4 is 10.1 Å². The quantitative estimate of drug-likeness (QED) is 0.906. The van der Waals surface area contributed by atoms with Gasteiger partial charge in [0.15, 0.2) is 0 Å². The van der Waals surface area contributed by atoms with Crippen LogP contribution in [0.5, 0.6) is 5.75 Å². The molecular formula is C16H16ClNO2. The van der Waals surface area contributed by atoms with E-state index in [1.54, 1.807) is 19.2 Å². The molecule has 20 heavy (non-hydrogen) atoms. The average molecular weight is 290 g/mol. The van der Waals surface area contributed by atoms with Gasteiger partial charge < -0.3 is 10.1 Å². The average Bonchev–Trinajstić information content (AvgIpc) is 2.48. The summed E-state index contributed by atoms with van der Waals surface area (Å²) in [5, 5.41) is 3.35. The molecule has 0 aliphatic rings. The first-order chi connectivity index (χ1) is 9.69. The molecule has 0 fully saturated rings. The summed E-state index contributed by atoms with van der Waals surface area (Å²) in [6.07, 6.45) is 1.10. The third-order valence-corrected chi connectivity index (χ3v) is 3.28. The highest BCUT2D eigenvalue weighted by atomic mass is 35.5. The molecule has 0 spiro atoms. The lowest BCUT2D eigenvalue weighted by Crippen LogP contribution is -2.12. The van der Waals surface area contributed by atoms with Crippen LogP contribution in [0.1, 0.15) is 12.0 Å². The number of methoxy groups -OCH3 is 1. The maximum absolute atomic E-state index is 11.9. The molecule has 0 saturated carbocycles. The van der Waals surface area contributed by atoms with Crippen LogP contribution in [0.4, 0.5) is 5.69 Å². The van der Waals surface area contributed by atoms with Gasteiger partial charge in [-0.3, -0.25) is 4.79 Å². The normalized spacial score (nSPS) is 10.1. The Morgan fingerprint density at radius 2 is 1.85 bits per heavy atom. The fourth-order valence-corrected chi connectivity index (χ4v) is 2.01. The van der Waals surface area contributed by atoms with Crippen molar-refractivity contribution in [2.45, 2.75) is 12.8 Å². The molecule has 0 aliphatic heterocycles. The van der Waals surface area contributed by atoms with Crippen LogP contribution >= 0.6 is 11.6 Å². The summed E-state index contributed by atoms with van der Waals surface area (Å²) in [7, 11) is 1.63. The molecule has 2 rings (SSSR count). The second-order valence-electron chi connectivity index (χ2n) is 4.38. The maximum atomic E-state index is 11.9. The number of anilines is 1. The molecule has 104 valence electrons. The van der Waals surface area contributed by atoms with Crippen LogP contribution in [-0.4, -0.2) is 13.0 Å². The molecule has 0 unspecified atom stereocenters. The van der Waals surface area contributed by atoms with E-state index in [2.05, 4.69) is 5.32 Å². The summed E-state index contributed by atoms with van der Waals surface area (Å²) in [5.41, 5.74) is 1.74. The molecule has 2 aromatic carbocycles. The number of ether oxygens (including phenoxy) is 1. The van der Waals surface area contributed by atoms with Gasteiger partial charge in [-0.05, 0) is 36.2 Å². The van der Waals surface area contributed by atoms with E-state index < -0.39 is 0 Å². The largest absolute Gasteiger partial charge is 0.497 e. The summed E-state index contributed by atoms with van der Waals surface area (Å²) in [5.74, 6) is 0.767. The Balaban J connectivity index is 1.87. The van der Waals surface area contributed by atoms with E-state index in [1.165, 1.54) is 0 Å². The topological polar surface area (TPSA) is 38.3 Å². The van der Waals surface area contributed by atoms with E-state index >= 15 is 0 Å². The number of carbonyl (C=O) groups is 1. The van der Waals surface area contributed by atoms with Crippen LogP contribution in [0, 0.1) is 0 Å². The molecule has 0 saturated heterocycles. The van der Waals surface area contributed by atoms with Crippen molar-refractivity contribution in [3.05, 3.63) is 59.1 Å². The van der Waals surface area contributed by atoms with E-state index in [0.29, 0.717) is 23.6 Å². The lowest BCUT2D eigenvalue weighted by atomic mass is 10.1. The molecule has 0 heterocycles. The molecule has 0 aromatic heterocycles. The zero-order valence-electron chi connectivity index (χ0n) is 11.2. The van der Waals surface area contributed by atoms with Crippen molar-refractivity contribution < 1.29 is 9.53 Å². The van der Waals surface area contributed by atoms with Gasteiger partial charge in [0.2, 0.25) is 5.91 Å². The predicted molar refractivity (Wildman–Crippen MR) is 81.4 cm³/mol. The van der Waals surface area contributed by atoms with Crippen molar-refractivity contribution in [3.8, 4) is 5.75 Å². The second-order valence-corrected chi connectivity index (χ2v) is 4.78. The molecule has 2 aromatic rings. The van der Waals surface area contributed by atoms with Crippen molar-refractivity contribution >= 4 is 23.2 Å². The van der Waals surface area contributed by atoms with Gasteiger partial charge >= 0.3 is 0 Å². The van der Waals surface area contributed by atoms with Gasteiger partial charge in [-0.15, -0.1) is 0 Å². The van der Waals surface area contributed by atoms with Gasteiger partial charge in [-0.25, -0.2) is 0 Å². The van der Waals surface area contributed by atoms with Crippen molar-refractivity contribution in [2.24, 2.45) is 0 Å². The first-order valence-electron chi connectivity index (χ1n) is 6.36.